The zero-order valence-corrected chi connectivity index (χ0v) is 5.52. The van der Waals surface area contributed by atoms with Gasteiger partial charge in [-0.3, -0.25) is 4.79 Å². The Hall–Kier alpha value is -0.530. The second-order valence-corrected chi connectivity index (χ2v) is 2.45. The highest BCUT2D eigenvalue weighted by Crippen LogP contribution is 2.18. The van der Waals surface area contributed by atoms with Gasteiger partial charge in [-0.2, -0.15) is 0 Å². The fraction of sp³-hybridized carbons (Fsp3) is 0.714. The van der Waals surface area contributed by atoms with Crippen molar-refractivity contribution in [1.29, 1.82) is 0 Å². The Morgan fingerprint density at radius 3 is 2.78 bits per heavy atom. The van der Waals surface area contributed by atoms with E-state index in [9.17, 15) is 4.79 Å². The van der Waals surface area contributed by atoms with E-state index in [-0.39, 0.29) is 5.91 Å². The lowest BCUT2D eigenvalue weighted by Crippen LogP contribution is -2.24. The van der Waals surface area contributed by atoms with E-state index in [2.05, 4.69) is 12.2 Å². The molecule has 0 unspecified atom stereocenters. The average Bonchev–Trinajstić information content (AvgIpc) is 2.50. The zero-order chi connectivity index (χ0) is 6.69. The highest BCUT2D eigenvalue weighted by Gasteiger charge is 2.22. The highest BCUT2D eigenvalue weighted by molar-refractivity contribution is 5.76. The topological polar surface area (TPSA) is 29.1 Å². The summed E-state index contributed by atoms with van der Waals surface area (Å²) in [5.74, 6) is 0.160. The first-order valence-corrected chi connectivity index (χ1v) is 3.41. The van der Waals surface area contributed by atoms with Gasteiger partial charge in [-0.15, -0.1) is 0 Å². The van der Waals surface area contributed by atoms with Gasteiger partial charge in [0.15, 0.2) is 0 Å². The monoisotopic (exact) mass is 126 g/mol. The van der Waals surface area contributed by atoms with Gasteiger partial charge in [0.2, 0.25) is 5.91 Å². The van der Waals surface area contributed by atoms with Crippen LogP contribution in [0.25, 0.3) is 0 Å². The molecule has 1 aliphatic carbocycles. The van der Waals surface area contributed by atoms with Gasteiger partial charge >= 0.3 is 0 Å². The molecule has 1 amide bonds. The first-order chi connectivity index (χ1) is 4.33. The molecule has 1 aliphatic rings. The maximum Gasteiger partial charge on any atom is 0.220 e. The molecule has 0 aromatic rings. The van der Waals surface area contributed by atoms with E-state index in [0.29, 0.717) is 18.9 Å². The van der Waals surface area contributed by atoms with Gasteiger partial charge in [0.25, 0.3) is 0 Å². The Morgan fingerprint density at radius 2 is 2.33 bits per heavy atom. The van der Waals surface area contributed by atoms with Gasteiger partial charge in [0.05, 0.1) is 0 Å². The lowest BCUT2D eigenvalue weighted by Gasteiger charge is -1.98. The molecule has 0 aromatic carbocycles. The minimum atomic E-state index is 0.160. The van der Waals surface area contributed by atoms with Crippen molar-refractivity contribution in [2.75, 3.05) is 0 Å². The van der Waals surface area contributed by atoms with E-state index >= 15 is 0 Å². The number of nitrogens with one attached hydrogen (secondary N) is 1. The van der Waals surface area contributed by atoms with Gasteiger partial charge in [0, 0.05) is 12.5 Å². The van der Waals surface area contributed by atoms with Crippen molar-refractivity contribution in [2.24, 2.45) is 0 Å². The van der Waals surface area contributed by atoms with E-state index in [1.54, 1.807) is 0 Å². The fourth-order valence-corrected chi connectivity index (χ4v) is 0.688. The van der Waals surface area contributed by atoms with Gasteiger partial charge in [0.1, 0.15) is 0 Å². The van der Waals surface area contributed by atoms with E-state index in [1.807, 2.05) is 0 Å². The van der Waals surface area contributed by atoms with Crippen molar-refractivity contribution in [3.63, 3.8) is 0 Å². The summed E-state index contributed by atoms with van der Waals surface area (Å²) in [5, 5.41) is 2.88. The SMILES string of the molecule is [CH2]CCC(=O)NC1CC1. The van der Waals surface area contributed by atoms with E-state index in [1.165, 1.54) is 12.8 Å². The molecule has 2 nitrogen and oxygen atoms in total. The lowest BCUT2D eigenvalue weighted by molar-refractivity contribution is -0.121. The first kappa shape index (κ1) is 6.59. The molecule has 1 fully saturated rings. The van der Waals surface area contributed by atoms with Crippen LogP contribution in [0.3, 0.4) is 0 Å². The standard InChI is InChI=1S/C7H12NO/c1-2-3-7(9)8-6-4-5-6/h6H,1-5H2,(H,8,9). The summed E-state index contributed by atoms with van der Waals surface area (Å²) < 4.78 is 0. The Kier molecular flexibility index (Phi) is 2.09. The summed E-state index contributed by atoms with van der Waals surface area (Å²) >= 11 is 0. The number of hydrogen-bond acceptors (Lipinski definition) is 1. The normalized spacial score (nSPS) is 17.4. The molecule has 0 aromatic heterocycles. The van der Waals surface area contributed by atoms with E-state index in [0.717, 1.165) is 0 Å². The zero-order valence-electron chi connectivity index (χ0n) is 5.52. The van der Waals surface area contributed by atoms with Crippen molar-refractivity contribution >= 4 is 5.91 Å². The van der Waals surface area contributed by atoms with Crippen LogP contribution in [-0.4, -0.2) is 11.9 Å². The number of amides is 1. The van der Waals surface area contributed by atoms with Crippen molar-refractivity contribution < 1.29 is 4.79 Å². The minimum absolute atomic E-state index is 0.160. The Morgan fingerprint density at radius 1 is 1.67 bits per heavy atom. The summed E-state index contributed by atoms with van der Waals surface area (Å²) in [7, 11) is 0. The molecular weight excluding hydrogens is 114 g/mol. The molecule has 0 heterocycles. The van der Waals surface area contributed by atoms with Crippen LogP contribution in [0.2, 0.25) is 0 Å². The molecule has 1 N–H and O–H groups in total. The summed E-state index contributed by atoms with van der Waals surface area (Å²) in [6.45, 7) is 3.59. The summed E-state index contributed by atoms with van der Waals surface area (Å²) in [6, 6.07) is 0.504. The molecule has 0 aliphatic heterocycles. The Bertz CT molecular complexity index is 107. The highest BCUT2D eigenvalue weighted by atomic mass is 16.1. The van der Waals surface area contributed by atoms with Crippen LogP contribution in [0.4, 0.5) is 0 Å². The average molecular weight is 126 g/mol. The second kappa shape index (κ2) is 2.85. The van der Waals surface area contributed by atoms with Crippen LogP contribution in [0.5, 0.6) is 0 Å². The molecular formula is C7H12NO. The maximum absolute atomic E-state index is 10.7. The molecule has 1 radical (unpaired) electrons. The molecule has 1 rings (SSSR count). The van der Waals surface area contributed by atoms with Crippen LogP contribution < -0.4 is 5.32 Å². The molecule has 2 heteroatoms. The predicted octanol–water partition coefficient (Wildman–Crippen LogP) is 0.879. The Labute approximate surface area is 55.6 Å². The Balaban J connectivity index is 2.02. The molecule has 9 heavy (non-hydrogen) atoms. The first-order valence-electron chi connectivity index (χ1n) is 3.41. The number of hydrogen-bond donors (Lipinski definition) is 1. The van der Waals surface area contributed by atoms with Crippen LogP contribution in [-0.2, 0) is 4.79 Å². The molecule has 0 saturated heterocycles. The third-order valence-corrected chi connectivity index (χ3v) is 1.35. The van der Waals surface area contributed by atoms with Crippen molar-refractivity contribution in [1.82, 2.24) is 5.32 Å². The molecule has 51 valence electrons. The molecule has 1 saturated carbocycles. The molecule has 0 spiro atoms. The second-order valence-electron chi connectivity index (χ2n) is 2.45. The van der Waals surface area contributed by atoms with Gasteiger partial charge in [-0.05, 0) is 19.3 Å². The van der Waals surface area contributed by atoms with Crippen molar-refractivity contribution in [2.45, 2.75) is 31.7 Å². The quantitative estimate of drug-likeness (QED) is 0.597. The minimum Gasteiger partial charge on any atom is -0.353 e. The third-order valence-electron chi connectivity index (χ3n) is 1.35. The van der Waals surface area contributed by atoms with Crippen LogP contribution in [0.15, 0.2) is 0 Å². The molecule has 0 atom stereocenters. The van der Waals surface area contributed by atoms with Crippen LogP contribution >= 0.6 is 0 Å². The van der Waals surface area contributed by atoms with Crippen molar-refractivity contribution in [3.8, 4) is 0 Å². The third kappa shape index (κ3) is 2.49. The summed E-state index contributed by atoms with van der Waals surface area (Å²) in [6.07, 6.45) is 3.63. The fourth-order valence-electron chi connectivity index (χ4n) is 0.688. The predicted molar refractivity (Wildman–Crippen MR) is 35.8 cm³/mol. The number of carbonyl (C=O) groups is 1. The largest absolute Gasteiger partial charge is 0.353 e. The van der Waals surface area contributed by atoms with Gasteiger partial charge < -0.3 is 5.32 Å². The maximum atomic E-state index is 10.7. The van der Waals surface area contributed by atoms with Crippen LogP contribution in [0.1, 0.15) is 25.7 Å². The van der Waals surface area contributed by atoms with E-state index in [4.69, 9.17) is 0 Å². The number of rotatable bonds is 3. The molecule has 0 bridgehead atoms. The lowest BCUT2D eigenvalue weighted by atomic mass is 10.3. The summed E-state index contributed by atoms with van der Waals surface area (Å²) in [5.41, 5.74) is 0. The van der Waals surface area contributed by atoms with Crippen LogP contribution in [0, 0.1) is 6.92 Å². The van der Waals surface area contributed by atoms with Crippen molar-refractivity contribution in [3.05, 3.63) is 6.92 Å². The van der Waals surface area contributed by atoms with Gasteiger partial charge in [-0.25, -0.2) is 0 Å². The van der Waals surface area contributed by atoms with Gasteiger partial charge in [-0.1, -0.05) is 6.92 Å². The number of carbonyl (C=O) groups excluding carboxylic acids is 1. The van der Waals surface area contributed by atoms with E-state index < -0.39 is 0 Å². The summed E-state index contributed by atoms with van der Waals surface area (Å²) in [4.78, 5) is 10.7. The smallest absolute Gasteiger partial charge is 0.220 e.